The summed E-state index contributed by atoms with van der Waals surface area (Å²) in [6, 6.07) is -1.48. The van der Waals surface area contributed by atoms with Gasteiger partial charge in [0.25, 0.3) is 6.04 Å². The van der Waals surface area contributed by atoms with E-state index in [9.17, 15) is 20.0 Å². The lowest BCUT2D eigenvalue weighted by Gasteiger charge is -2.48. The molecule has 1 saturated carbocycles. The first-order valence-corrected chi connectivity index (χ1v) is 8.65. The van der Waals surface area contributed by atoms with E-state index in [1.165, 1.54) is 7.11 Å². The Bertz CT molecular complexity index is 730. The SMILES string of the molecule is COC1C=C(C2[C@@H]([N+](=O)[O-])[C@H](O)[C@@H]3OC(C)(C)O[C@H]2C3=O)C=C2OCOC21. The van der Waals surface area contributed by atoms with E-state index < -0.39 is 59.0 Å². The second kappa shape index (κ2) is 6.35. The molecule has 3 fully saturated rings. The van der Waals surface area contributed by atoms with Gasteiger partial charge in [0.05, 0.1) is 5.92 Å². The Balaban J connectivity index is 1.79. The molecule has 10 nitrogen and oxygen atoms in total. The van der Waals surface area contributed by atoms with Gasteiger partial charge in [-0.25, -0.2) is 0 Å². The molecule has 27 heavy (non-hydrogen) atoms. The van der Waals surface area contributed by atoms with E-state index in [4.69, 9.17) is 23.7 Å². The number of ketones is 1. The van der Waals surface area contributed by atoms with Crippen molar-refractivity contribution in [3.63, 3.8) is 0 Å². The van der Waals surface area contributed by atoms with Crippen LogP contribution in [0.2, 0.25) is 0 Å². The maximum Gasteiger partial charge on any atom is 0.251 e. The topological polar surface area (TPSA) is 127 Å². The van der Waals surface area contributed by atoms with Crippen LogP contribution in [0.3, 0.4) is 0 Å². The van der Waals surface area contributed by atoms with E-state index in [2.05, 4.69) is 0 Å². The number of carbonyl (C=O) groups is 1. The first-order valence-electron chi connectivity index (χ1n) is 8.65. The van der Waals surface area contributed by atoms with Gasteiger partial charge in [0, 0.05) is 12.0 Å². The van der Waals surface area contributed by atoms with Crippen LogP contribution in [-0.4, -0.2) is 72.1 Å². The average Bonchev–Trinajstić information content (AvgIpc) is 3.07. The summed E-state index contributed by atoms with van der Waals surface area (Å²) in [5.41, 5.74) is 0.439. The van der Waals surface area contributed by atoms with Crippen molar-refractivity contribution in [3.05, 3.63) is 33.6 Å². The minimum absolute atomic E-state index is 0.0469. The molecule has 2 heterocycles. The number of methoxy groups -OCH3 is 1. The Labute approximate surface area is 154 Å². The number of allylic oxidation sites excluding steroid dienone is 1. The molecule has 0 radical (unpaired) electrons. The van der Waals surface area contributed by atoms with Crippen molar-refractivity contribution in [3.8, 4) is 0 Å². The highest BCUT2D eigenvalue weighted by molar-refractivity contribution is 5.90. The monoisotopic (exact) mass is 383 g/mol. The van der Waals surface area contributed by atoms with Crippen LogP contribution in [0.1, 0.15) is 13.8 Å². The van der Waals surface area contributed by atoms with Crippen molar-refractivity contribution in [2.45, 2.75) is 56.2 Å². The maximum atomic E-state index is 12.7. The minimum Gasteiger partial charge on any atom is -0.469 e. The highest BCUT2D eigenvalue weighted by atomic mass is 16.7. The van der Waals surface area contributed by atoms with E-state index in [1.54, 1.807) is 26.0 Å². The summed E-state index contributed by atoms with van der Waals surface area (Å²) in [6.07, 6.45) is -1.74. The van der Waals surface area contributed by atoms with Gasteiger partial charge in [-0.05, 0) is 31.6 Å². The van der Waals surface area contributed by atoms with Gasteiger partial charge in [0.2, 0.25) is 0 Å². The van der Waals surface area contributed by atoms with Crippen LogP contribution in [0.25, 0.3) is 0 Å². The van der Waals surface area contributed by atoms with Crippen LogP contribution >= 0.6 is 0 Å². The predicted molar refractivity (Wildman–Crippen MR) is 86.9 cm³/mol. The number of rotatable bonds is 3. The van der Waals surface area contributed by atoms with Crippen molar-refractivity contribution in [2.24, 2.45) is 5.92 Å². The average molecular weight is 383 g/mol. The summed E-state index contributed by atoms with van der Waals surface area (Å²) in [5, 5.41) is 22.4. The Morgan fingerprint density at radius 3 is 2.67 bits per heavy atom. The van der Waals surface area contributed by atoms with Crippen LogP contribution in [-0.2, 0) is 28.5 Å². The largest absolute Gasteiger partial charge is 0.469 e. The van der Waals surface area contributed by atoms with Crippen molar-refractivity contribution >= 4 is 5.78 Å². The number of fused-ring (bicyclic) bond motifs is 3. The number of carbonyl (C=O) groups excluding carboxylic acids is 1. The maximum absolute atomic E-state index is 12.7. The van der Waals surface area contributed by atoms with Crippen LogP contribution in [0, 0.1) is 16.0 Å². The number of Topliss-reactive ketones (excluding diaryl/α,β-unsaturated/α-hetero) is 1. The van der Waals surface area contributed by atoms with Gasteiger partial charge in [0.1, 0.15) is 24.1 Å². The molecule has 3 unspecified atom stereocenters. The van der Waals surface area contributed by atoms with Gasteiger partial charge in [-0.2, -0.15) is 0 Å². The molecule has 0 amide bonds. The first-order chi connectivity index (χ1) is 12.7. The molecule has 148 valence electrons. The number of nitro groups is 1. The van der Waals surface area contributed by atoms with Gasteiger partial charge in [-0.1, -0.05) is 0 Å². The van der Waals surface area contributed by atoms with Crippen LogP contribution in [0.5, 0.6) is 0 Å². The zero-order valence-electron chi connectivity index (χ0n) is 15.1. The van der Waals surface area contributed by atoms with E-state index in [0.29, 0.717) is 11.3 Å². The molecule has 10 heteroatoms. The third-order valence-electron chi connectivity index (χ3n) is 5.35. The molecule has 2 aliphatic heterocycles. The summed E-state index contributed by atoms with van der Waals surface area (Å²) in [4.78, 5) is 23.9. The molecule has 0 aromatic heterocycles. The molecule has 1 N–H and O–H groups in total. The van der Waals surface area contributed by atoms with Crippen LogP contribution < -0.4 is 0 Å². The van der Waals surface area contributed by atoms with E-state index >= 15 is 0 Å². The fourth-order valence-electron chi connectivity index (χ4n) is 4.21. The van der Waals surface area contributed by atoms with E-state index in [0.717, 1.165) is 0 Å². The fraction of sp³-hybridized carbons (Fsp3) is 0.706. The third kappa shape index (κ3) is 2.88. The molecule has 7 atom stereocenters. The molecule has 0 aromatic carbocycles. The molecule has 2 aliphatic carbocycles. The molecule has 2 saturated heterocycles. The summed E-state index contributed by atoms with van der Waals surface area (Å²) in [7, 11) is 1.49. The number of ether oxygens (including phenoxy) is 5. The summed E-state index contributed by atoms with van der Waals surface area (Å²) in [5.74, 6) is -2.22. The van der Waals surface area contributed by atoms with Crippen molar-refractivity contribution in [1.82, 2.24) is 0 Å². The van der Waals surface area contributed by atoms with Gasteiger partial charge in [-0.3, -0.25) is 14.9 Å². The minimum atomic E-state index is -1.60. The highest BCUT2D eigenvalue weighted by Gasteiger charge is 2.62. The van der Waals surface area contributed by atoms with Gasteiger partial charge < -0.3 is 28.8 Å². The van der Waals surface area contributed by atoms with Crippen molar-refractivity contribution in [2.75, 3.05) is 13.9 Å². The lowest BCUT2D eigenvalue weighted by molar-refractivity contribution is -0.554. The Hall–Kier alpha value is -1.85. The van der Waals surface area contributed by atoms with Crippen molar-refractivity contribution < 1.29 is 38.5 Å². The summed E-state index contributed by atoms with van der Waals surface area (Å²) < 4.78 is 27.5. The fourth-order valence-corrected chi connectivity index (χ4v) is 4.21. The second-order valence-electron chi connectivity index (χ2n) is 7.43. The molecule has 0 spiro atoms. The third-order valence-corrected chi connectivity index (χ3v) is 5.35. The quantitative estimate of drug-likeness (QED) is 0.526. The number of aliphatic hydroxyl groups excluding tert-OH is 1. The first kappa shape index (κ1) is 18.5. The number of hydrogen-bond donors (Lipinski definition) is 1. The molecular weight excluding hydrogens is 362 g/mol. The summed E-state index contributed by atoms with van der Waals surface area (Å²) in [6.45, 7) is 3.25. The zero-order chi connectivity index (χ0) is 19.5. The van der Waals surface area contributed by atoms with Crippen LogP contribution in [0.15, 0.2) is 23.5 Å². The lowest BCUT2D eigenvalue weighted by Crippen LogP contribution is -2.68. The predicted octanol–water partition coefficient (Wildman–Crippen LogP) is -0.0766. The molecular formula is C17H21NO9. The van der Waals surface area contributed by atoms with Gasteiger partial charge >= 0.3 is 0 Å². The highest BCUT2D eigenvalue weighted by Crippen LogP contribution is 2.43. The lowest BCUT2D eigenvalue weighted by atomic mass is 9.71. The summed E-state index contributed by atoms with van der Waals surface area (Å²) >= 11 is 0. The Morgan fingerprint density at radius 1 is 1.30 bits per heavy atom. The van der Waals surface area contributed by atoms with Crippen LogP contribution in [0.4, 0.5) is 0 Å². The Morgan fingerprint density at radius 2 is 2.00 bits per heavy atom. The zero-order valence-corrected chi connectivity index (χ0v) is 15.1. The molecule has 4 aliphatic rings. The second-order valence-corrected chi connectivity index (χ2v) is 7.43. The van der Waals surface area contributed by atoms with Crippen molar-refractivity contribution in [1.29, 1.82) is 0 Å². The number of hydrogen-bond acceptors (Lipinski definition) is 9. The van der Waals surface area contributed by atoms with Gasteiger partial charge in [0.15, 0.2) is 30.6 Å². The van der Waals surface area contributed by atoms with E-state index in [1.807, 2.05) is 0 Å². The molecule has 0 aromatic rings. The standard InChI is InChI=1S/C17H21NO9/c1-17(2)26-15-10(11(18(21)22)12(19)16(27-17)13(15)20)7-4-8(23-3)14-9(5-7)24-6-25-14/h4-5,8,10-12,14-16,19H,6H2,1-3H3/t8?,10?,11-,12+,14?,15-,16+/m1/s1. The number of nitrogens with zero attached hydrogens (tertiary/aromatic N) is 1. The normalized spacial score (nSPS) is 42.7. The molecule has 2 bridgehead atoms. The van der Waals surface area contributed by atoms with E-state index in [-0.39, 0.29) is 6.79 Å². The smallest absolute Gasteiger partial charge is 0.251 e. The van der Waals surface area contributed by atoms with Gasteiger partial charge in [-0.15, -0.1) is 0 Å². The Kier molecular flexibility index (Phi) is 4.35. The molecule has 4 rings (SSSR count). The number of aliphatic hydroxyl groups is 1.